The minimum Gasteiger partial charge on any atom is -0.396 e. The largest absolute Gasteiger partial charge is 0.396 e. The van der Waals surface area contributed by atoms with Crippen LogP contribution in [0.5, 0.6) is 0 Å². The Bertz CT molecular complexity index is 443. The van der Waals surface area contributed by atoms with Crippen molar-refractivity contribution in [1.29, 1.82) is 0 Å². The van der Waals surface area contributed by atoms with Crippen LogP contribution in [0.3, 0.4) is 0 Å². The van der Waals surface area contributed by atoms with Crippen LogP contribution in [0.2, 0.25) is 10.0 Å². The van der Waals surface area contributed by atoms with Crippen molar-refractivity contribution in [2.45, 2.75) is 13.3 Å². The zero-order valence-electron chi connectivity index (χ0n) is 11.4. The highest BCUT2D eigenvalue weighted by atomic mass is 35.5. The maximum atomic E-state index is 11.6. The van der Waals surface area contributed by atoms with Gasteiger partial charge in [0.1, 0.15) is 0 Å². The summed E-state index contributed by atoms with van der Waals surface area (Å²) < 4.78 is 0. The third-order valence-corrected chi connectivity index (χ3v) is 4.82. The molecule has 0 aromatic heterocycles. The Morgan fingerprint density at radius 2 is 2.20 bits per heavy atom. The molecule has 1 rings (SSSR count). The molecule has 1 unspecified atom stereocenters. The van der Waals surface area contributed by atoms with Crippen LogP contribution >= 0.6 is 35.0 Å². The fourth-order valence-electron chi connectivity index (χ4n) is 1.53. The molecule has 0 saturated carbocycles. The highest BCUT2D eigenvalue weighted by molar-refractivity contribution is 7.99. The van der Waals surface area contributed by atoms with E-state index in [1.807, 2.05) is 19.1 Å². The van der Waals surface area contributed by atoms with Crippen LogP contribution in [0.15, 0.2) is 18.2 Å². The first kappa shape index (κ1) is 17.6. The second-order valence-electron chi connectivity index (χ2n) is 4.62. The van der Waals surface area contributed by atoms with Crippen LogP contribution in [0.25, 0.3) is 0 Å². The lowest BCUT2D eigenvalue weighted by Gasteiger charge is -2.09. The minimum absolute atomic E-state index is 0.00158. The van der Waals surface area contributed by atoms with Crippen molar-refractivity contribution in [2.24, 2.45) is 5.92 Å². The van der Waals surface area contributed by atoms with Gasteiger partial charge in [-0.2, -0.15) is 11.8 Å². The van der Waals surface area contributed by atoms with Gasteiger partial charge in [-0.1, -0.05) is 42.3 Å². The van der Waals surface area contributed by atoms with E-state index < -0.39 is 0 Å². The van der Waals surface area contributed by atoms with Crippen LogP contribution in [-0.4, -0.2) is 35.7 Å². The maximum Gasteiger partial charge on any atom is 0.230 e. The van der Waals surface area contributed by atoms with E-state index >= 15 is 0 Å². The molecule has 1 aromatic carbocycles. The molecule has 20 heavy (non-hydrogen) atoms. The number of carbonyl (C=O) groups excluding carboxylic acids is 1. The number of aliphatic hydroxyl groups excluding tert-OH is 1. The van der Waals surface area contributed by atoms with E-state index in [-0.39, 0.29) is 18.4 Å². The van der Waals surface area contributed by atoms with E-state index in [1.165, 1.54) is 11.8 Å². The van der Waals surface area contributed by atoms with Crippen molar-refractivity contribution in [3.05, 3.63) is 33.8 Å². The zero-order valence-corrected chi connectivity index (χ0v) is 13.7. The van der Waals surface area contributed by atoms with Crippen molar-refractivity contribution in [3.8, 4) is 0 Å². The number of nitrogens with one attached hydrogen (secondary N) is 1. The van der Waals surface area contributed by atoms with Gasteiger partial charge < -0.3 is 10.4 Å². The predicted molar refractivity (Wildman–Crippen MR) is 86.8 cm³/mol. The van der Waals surface area contributed by atoms with E-state index in [4.69, 9.17) is 28.3 Å². The molecule has 0 aliphatic rings. The number of hydrogen-bond acceptors (Lipinski definition) is 3. The van der Waals surface area contributed by atoms with Crippen LogP contribution in [-0.2, 0) is 11.2 Å². The molecule has 3 nitrogen and oxygen atoms in total. The Balaban J connectivity index is 2.23. The predicted octanol–water partition coefficient (Wildman–Crippen LogP) is 3.01. The summed E-state index contributed by atoms with van der Waals surface area (Å²) in [5.41, 5.74) is 0.932. The fourth-order valence-corrected chi connectivity index (χ4v) is 2.86. The molecule has 0 saturated heterocycles. The second kappa shape index (κ2) is 9.50. The monoisotopic (exact) mass is 335 g/mol. The summed E-state index contributed by atoms with van der Waals surface area (Å²) in [5.74, 6) is 1.41. The summed E-state index contributed by atoms with van der Waals surface area (Å²) in [4.78, 5) is 11.6. The van der Waals surface area contributed by atoms with Crippen LogP contribution in [0.1, 0.15) is 12.5 Å². The van der Waals surface area contributed by atoms with E-state index in [2.05, 4.69) is 5.32 Å². The van der Waals surface area contributed by atoms with Crippen molar-refractivity contribution >= 4 is 40.9 Å². The molecule has 0 spiro atoms. The van der Waals surface area contributed by atoms with Crippen LogP contribution in [0.4, 0.5) is 0 Å². The van der Waals surface area contributed by atoms with E-state index in [0.29, 0.717) is 28.8 Å². The summed E-state index contributed by atoms with van der Waals surface area (Å²) >= 11 is 13.5. The smallest absolute Gasteiger partial charge is 0.230 e. The fraction of sp³-hybridized carbons (Fsp3) is 0.500. The Labute approximate surface area is 134 Å². The number of aliphatic hydroxyl groups is 1. The van der Waals surface area contributed by atoms with Gasteiger partial charge in [-0.15, -0.1) is 0 Å². The van der Waals surface area contributed by atoms with Gasteiger partial charge in [-0.25, -0.2) is 0 Å². The Morgan fingerprint density at radius 3 is 2.90 bits per heavy atom. The molecular weight excluding hydrogens is 317 g/mol. The lowest BCUT2D eigenvalue weighted by Crippen LogP contribution is -2.27. The Kier molecular flexibility index (Phi) is 8.38. The zero-order chi connectivity index (χ0) is 15.0. The third-order valence-electron chi connectivity index (χ3n) is 2.70. The minimum atomic E-state index is -0.00158. The molecule has 1 atom stereocenters. The summed E-state index contributed by atoms with van der Waals surface area (Å²) in [6, 6.07) is 5.49. The number of amides is 1. The first-order valence-electron chi connectivity index (χ1n) is 6.42. The van der Waals surface area contributed by atoms with Crippen molar-refractivity contribution in [2.75, 3.05) is 24.7 Å². The van der Waals surface area contributed by atoms with Crippen LogP contribution in [0, 0.1) is 5.92 Å². The highest BCUT2D eigenvalue weighted by Crippen LogP contribution is 2.25. The molecular formula is C14H19Cl2NO2S. The van der Waals surface area contributed by atoms with Gasteiger partial charge >= 0.3 is 0 Å². The van der Waals surface area contributed by atoms with E-state index in [0.717, 1.165) is 11.3 Å². The summed E-state index contributed by atoms with van der Waals surface area (Å²) in [5, 5.41) is 12.8. The number of benzene rings is 1. The third kappa shape index (κ3) is 6.35. The van der Waals surface area contributed by atoms with Gasteiger partial charge in [-0.3, -0.25) is 4.79 Å². The molecule has 0 bridgehead atoms. The molecule has 6 heteroatoms. The van der Waals surface area contributed by atoms with Gasteiger partial charge in [0, 0.05) is 13.2 Å². The average Bonchev–Trinajstić information content (AvgIpc) is 2.43. The molecule has 1 aromatic rings. The molecule has 0 fully saturated rings. The standard InChI is InChI=1S/C14H19Cl2NO2S/c1-10(7-18)8-20-9-13(19)17-6-5-11-3-2-4-12(15)14(11)16/h2-4,10,18H,5-9H2,1H3,(H,17,19). The topological polar surface area (TPSA) is 49.3 Å². The molecule has 2 N–H and O–H groups in total. The first-order chi connectivity index (χ1) is 9.54. The van der Waals surface area contributed by atoms with E-state index in [1.54, 1.807) is 6.07 Å². The molecule has 112 valence electrons. The lowest BCUT2D eigenvalue weighted by atomic mass is 10.1. The van der Waals surface area contributed by atoms with E-state index in [9.17, 15) is 4.79 Å². The van der Waals surface area contributed by atoms with Crippen molar-refractivity contribution < 1.29 is 9.90 Å². The van der Waals surface area contributed by atoms with Gasteiger partial charge in [0.25, 0.3) is 0 Å². The highest BCUT2D eigenvalue weighted by Gasteiger charge is 2.06. The average molecular weight is 336 g/mol. The van der Waals surface area contributed by atoms with Gasteiger partial charge in [0.2, 0.25) is 5.91 Å². The van der Waals surface area contributed by atoms with Crippen molar-refractivity contribution in [1.82, 2.24) is 5.32 Å². The van der Waals surface area contributed by atoms with Crippen molar-refractivity contribution in [3.63, 3.8) is 0 Å². The molecule has 0 aliphatic carbocycles. The summed E-state index contributed by atoms with van der Waals surface area (Å²) in [6.07, 6.45) is 0.656. The molecule has 1 amide bonds. The number of carbonyl (C=O) groups is 1. The SMILES string of the molecule is CC(CO)CSCC(=O)NCCc1cccc(Cl)c1Cl. The Hall–Kier alpha value is -0.420. The van der Waals surface area contributed by atoms with Crippen LogP contribution < -0.4 is 5.32 Å². The van der Waals surface area contributed by atoms with Gasteiger partial charge in [0.15, 0.2) is 0 Å². The number of hydrogen-bond donors (Lipinski definition) is 2. The van der Waals surface area contributed by atoms with Gasteiger partial charge in [0.05, 0.1) is 15.8 Å². The number of rotatable bonds is 8. The lowest BCUT2D eigenvalue weighted by molar-refractivity contribution is -0.118. The molecule has 0 aliphatic heterocycles. The second-order valence-corrected chi connectivity index (χ2v) is 6.43. The first-order valence-corrected chi connectivity index (χ1v) is 8.33. The number of halogens is 2. The number of thioether (sulfide) groups is 1. The van der Waals surface area contributed by atoms with Gasteiger partial charge in [-0.05, 0) is 29.7 Å². The quantitative estimate of drug-likeness (QED) is 0.767. The molecule has 0 heterocycles. The normalized spacial score (nSPS) is 12.2. The Morgan fingerprint density at radius 1 is 1.45 bits per heavy atom. The summed E-state index contributed by atoms with van der Waals surface area (Å²) in [6.45, 7) is 2.64. The summed E-state index contributed by atoms with van der Waals surface area (Å²) in [7, 11) is 0. The maximum absolute atomic E-state index is 11.6. The molecule has 0 radical (unpaired) electrons.